The fraction of sp³-hybridized carbons (Fsp3) is 0.429. The van der Waals surface area contributed by atoms with Crippen LogP contribution in [0.3, 0.4) is 0 Å². The number of nitrogens with one attached hydrogen (secondary N) is 2. The zero-order valence-corrected chi connectivity index (χ0v) is 12.8. The highest BCUT2D eigenvalue weighted by Gasteiger charge is 2.27. The molecule has 0 atom stereocenters. The third-order valence-electron chi connectivity index (χ3n) is 2.59. The van der Waals surface area contributed by atoms with Crippen molar-refractivity contribution in [3.8, 4) is 12.3 Å². The number of carbonyl (C=O) groups is 1. The maximum absolute atomic E-state index is 12.2. The Kier molecular flexibility index (Phi) is 5.66. The summed E-state index contributed by atoms with van der Waals surface area (Å²) < 4.78 is 36.5. The third-order valence-corrected chi connectivity index (χ3v) is 2.79. The van der Waals surface area contributed by atoms with Crippen molar-refractivity contribution in [2.45, 2.75) is 32.0 Å². The van der Waals surface area contributed by atoms with Gasteiger partial charge in [-0.15, -0.1) is 6.42 Å². The molecule has 120 valence electrons. The van der Waals surface area contributed by atoms with E-state index in [0.717, 1.165) is 0 Å². The molecule has 0 aliphatic heterocycles. The van der Waals surface area contributed by atoms with E-state index in [1.165, 1.54) is 12.3 Å². The zero-order valence-electron chi connectivity index (χ0n) is 12.0. The highest BCUT2D eigenvalue weighted by molar-refractivity contribution is 6.31. The minimum atomic E-state index is -4.30. The number of nitrogens with zero attached hydrogens (tertiary/aromatic N) is 1. The molecular formula is C14H15ClF3N3O. The molecule has 1 amide bonds. The van der Waals surface area contributed by atoms with Crippen LogP contribution in [0.4, 0.5) is 19.0 Å². The third kappa shape index (κ3) is 5.82. The smallest absolute Gasteiger partial charge is 0.369 e. The van der Waals surface area contributed by atoms with Crippen molar-refractivity contribution >= 4 is 23.3 Å². The van der Waals surface area contributed by atoms with Crippen LogP contribution in [0.15, 0.2) is 12.3 Å². The first kappa shape index (κ1) is 18.1. The van der Waals surface area contributed by atoms with Crippen LogP contribution in [0.5, 0.6) is 0 Å². The number of terminal acetylenes is 1. The summed E-state index contributed by atoms with van der Waals surface area (Å²) in [7, 11) is 0. The van der Waals surface area contributed by atoms with E-state index >= 15 is 0 Å². The molecule has 1 aromatic heterocycles. The molecule has 1 heterocycles. The number of rotatable bonds is 5. The molecule has 0 aliphatic rings. The fourth-order valence-corrected chi connectivity index (χ4v) is 1.62. The molecule has 0 aromatic carbocycles. The van der Waals surface area contributed by atoms with E-state index in [1.807, 2.05) is 0 Å². The number of halogens is 4. The van der Waals surface area contributed by atoms with E-state index in [2.05, 4.69) is 21.5 Å². The van der Waals surface area contributed by atoms with E-state index in [0.29, 0.717) is 0 Å². The van der Waals surface area contributed by atoms with Gasteiger partial charge in [0.15, 0.2) is 0 Å². The van der Waals surface area contributed by atoms with Crippen LogP contribution in [0.2, 0.25) is 5.02 Å². The molecular weight excluding hydrogens is 319 g/mol. The molecule has 1 aromatic rings. The predicted molar refractivity (Wildman–Crippen MR) is 78.8 cm³/mol. The summed E-state index contributed by atoms with van der Waals surface area (Å²) in [4.78, 5) is 16.0. The maximum Gasteiger partial charge on any atom is 0.390 e. The monoisotopic (exact) mass is 333 g/mol. The summed E-state index contributed by atoms with van der Waals surface area (Å²) in [5.41, 5.74) is -0.888. The average Bonchev–Trinajstić information content (AvgIpc) is 2.38. The number of amides is 1. The van der Waals surface area contributed by atoms with Crippen LogP contribution >= 0.6 is 11.6 Å². The van der Waals surface area contributed by atoms with Crippen molar-refractivity contribution in [2.75, 3.05) is 11.9 Å². The first-order valence-corrected chi connectivity index (χ1v) is 6.68. The van der Waals surface area contributed by atoms with Crippen LogP contribution in [-0.2, 0) is 0 Å². The van der Waals surface area contributed by atoms with E-state index in [-0.39, 0.29) is 16.4 Å². The number of hydrogen-bond acceptors (Lipinski definition) is 3. The molecule has 0 radical (unpaired) electrons. The van der Waals surface area contributed by atoms with Crippen LogP contribution in [-0.4, -0.2) is 29.2 Å². The van der Waals surface area contributed by atoms with Gasteiger partial charge in [-0.1, -0.05) is 17.5 Å². The second-order valence-electron chi connectivity index (χ2n) is 5.07. The summed E-state index contributed by atoms with van der Waals surface area (Å²) >= 11 is 5.78. The van der Waals surface area contributed by atoms with Gasteiger partial charge in [0.25, 0.3) is 5.91 Å². The van der Waals surface area contributed by atoms with Crippen molar-refractivity contribution in [3.05, 3.63) is 22.8 Å². The lowest BCUT2D eigenvalue weighted by molar-refractivity contribution is -0.131. The van der Waals surface area contributed by atoms with Gasteiger partial charge in [0.2, 0.25) is 0 Å². The van der Waals surface area contributed by atoms with Crippen molar-refractivity contribution < 1.29 is 18.0 Å². The number of anilines is 1. The largest absolute Gasteiger partial charge is 0.390 e. The van der Waals surface area contributed by atoms with Gasteiger partial charge in [0.05, 0.1) is 22.5 Å². The van der Waals surface area contributed by atoms with Crippen LogP contribution in [0, 0.1) is 12.3 Å². The molecule has 0 aliphatic carbocycles. The Balaban J connectivity index is 2.91. The number of pyridine rings is 1. The molecule has 1 rings (SSSR count). The van der Waals surface area contributed by atoms with Crippen LogP contribution in [0.25, 0.3) is 0 Å². The first-order valence-electron chi connectivity index (χ1n) is 6.30. The molecule has 0 saturated carbocycles. The fourth-order valence-electron chi connectivity index (χ4n) is 1.46. The predicted octanol–water partition coefficient (Wildman–Crippen LogP) is 3.24. The van der Waals surface area contributed by atoms with Crippen molar-refractivity contribution in [3.63, 3.8) is 0 Å². The number of alkyl halides is 3. The van der Waals surface area contributed by atoms with Crippen LogP contribution < -0.4 is 10.6 Å². The van der Waals surface area contributed by atoms with E-state index in [1.54, 1.807) is 13.8 Å². The molecule has 4 nitrogen and oxygen atoms in total. The lowest BCUT2D eigenvalue weighted by atomic mass is 10.1. The summed E-state index contributed by atoms with van der Waals surface area (Å²) in [5.74, 6) is 1.82. The molecule has 0 bridgehead atoms. The number of hydrogen-bond donors (Lipinski definition) is 2. The van der Waals surface area contributed by atoms with Crippen molar-refractivity contribution in [2.24, 2.45) is 0 Å². The number of aromatic nitrogens is 1. The van der Waals surface area contributed by atoms with Gasteiger partial charge in [0, 0.05) is 12.7 Å². The maximum atomic E-state index is 12.2. The van der Waals surface area contributed by atoms with Gasteiger partial charge in [-0.25, -0.2) is 4.98 Å². The second kappa shape index (κ2) is 6.88. The lowest BCUT2D eigenvalue weighted by Gasteiger charge is -2.20. The van der Waals surface area contributed by atoms with Crippen molar-refractivity contribution in [1.29, 1.82) is 0 Å². The quantitative estimate of drug-likeness (QED) is 0.813. The Hall–Kier alpha value is -1.94. The molecule has 0 unspecified atom stereocenters. The molecule has 0 saturated heterocycles. The van der Waals surface area contributed by atoms with Gasteiger partial charge in [0.1, 0.15) is 5.82 Å². The highest BCUT2D eigenvalue weighted by Crippen LogP contribution is 2.22. The SMILES string of the molecule is C#CC(C)(C)NC(=O)c1cc(Cl)cnc1NCCC(F)(F)F. The molecule has 2 N–H and O–H groups in total. The summed E-state index contributed by atoms with van der Waals surface area (Å²) in [6, 6.07) is 1.31. The lowest BCUT2D eigenvalue weighted by Crippen LogP contribution is -2.42. The Morgan fingerprint density at radius 1 is 1.45 bits per heavy atom. The molecule has 0 fully saturated rings. The average molecular weight is 334 g/mol. The summed E-state index contributed by atoms with van der Waals surface area (Å²) in [6.45, 7) is 2.82. The van der Waals surface area contributed by atoms with Gasteiger partial charge >= 0.3 is 6.18 Å². The molecule has 8 heteroatoms. The second-order valence-corrected chi connectivity index (χ2v) is 5.50. The number of carbonyl (C=O) groups excluding carboxylic acids is 1. The molecule has 22 heavy (non-hydrogen) atoms. The van der Waals surface area contributed by atoms with Crippen LogP contribution in [0.1, 0.15) is 30.6 Å². The highest BCUT2D eigenvalue weighted by atomic mass is 35.5. The van der Waals surface area contributed by atoms with E-state index in [9.17, 15) is 18.0 Å². The summed E-state index contributed by atoms with van der Waals surface area (Å²) in [5, 5.41) is 5.23. The van der Waals surface area contributed by atoms with E-state index < -0.39 is 30.6 Å². The molecule has 0 spiro atoms. The van der Waals surface area contributed by atoms with E-state index in [4.69, 9.17) is 18.0 Å². The van der Waals surface area contributed by atoms with Gasteiger partial charge in [-0.3, -0.25) is 4.79 Å². The van der Waals surface area contributed by atoms with Gasteiger partial charge in [-0.2, -0.15) is 13.2 Å². The zero-order chi connectivity index (χ0) is 17.0. The Bertz CT molecular complexity index is 594. The Labute approximate surface area is 131 Å². The minimum Gasteiger partial charge on any atom is -0.369 e. The standard InChI is InChI=1S/C14H15ClF3N3O/c1-4-13(2,3)21-12(22)10-7-9(15)8-20-11(10)19-6-5-14(16,17)18/h1,7-8H,5-6H2,2-3H3,(H,19,20)(H,21,22). The first-order chi connectivity index (χ1) is 10.0. The topological polar surface area (TPSA) is 54.0 Å². The Morgan fingerprint density at radius 2 is 2.09 bits per heavy atom. The van der Waals surface area contributed by atoms with Gasteiger partial charge in [-0.05, 0) is 19.9 Å². The Morgan fingerprint density at radius 3 is 2.64 bits per heavy atom. The normalized spacial score (nSPS) is 11.7. The van der Waals surface area contributed by atoms with Crippen molar-refractivity contribution in [1.82, 2.24) is 10.3 Å². The van der Waals surface area contributed by atoms with Gasteiger partial charge < -0.3 is 10.6 Å². The minimum absolute atomic E-state index is 0.0129. The summed E-state index contributed by atoms with van der Waals surface area (Å²) in [6.07, 6.45) is 1.17.